The van der Waals surface area contributed by atoms with Crippen LogP contribution in [0.5, 0.6) is 11.5 Å². The van der Waals surface area contributed by atoms with E-state index in [-0.39, 0.29) is 17.3 Å². The van der Waals surface area contributed by atoms with E-state index in [0.29, 0.717) is 37.5 Å². The van der Waals surface area contributed by atoms with Gasteiger partial charge in [-0.3, -0.25) is 4.79 Å². The summed E-state index contributed by atoms with van der Waals surface area (Å²) in [6, 6.07) is 15.9. The van der Waals surface area contributed by atoms with Gasteiger partial charge in [-0.25, -0.2) is 4.79 Å². The lowest BCUT2D eigenvalue weighted by Gasteiger charge is -2.06. The molecule has 3 aromatic carbocycles. The fraction of sp³-hybridized carbons (Fsp3) is 0. The number of hydrogen-bond acceptors (Lipinski definition) is 4. The number of Topliss-reactive ketones (excluding diaryl/α,β-unsaturated/α-hetero) is 1. The van der Waals surface area contributed by atoms with Crippen LogP contribution in [0.25, 0.3) is 6.08 Å². The van der Waals surface area contributed by atoms with Crippen molar-refractivity contribution >= 4 is 52.6 Å². The Kier molecular flexibility index (Phi) is 5.33. The summed E-state index contributed by atoms with van der Waals surface area (Å²) in [5.74, 6) is -0.117. The average Bonchev–Trinajstić information content (AvgIpc) is 3.00. The number of halogens is 3. The van der Waals surface area contributed by atoms with E-state index >= 15 is 0 Å². The Morgan fingerprint density at radius 3 is 2.38 bits per heavy atom. The average molecular weight is 446 g/mol. The van der Waals surface area contributed by atoms with Gasteiger partial charge in [-0.1, -0.05) is 40.9 Å². The van der Waals surface area contributed by atoms with E-state index in [1.54, 1.807) is 54.6 Å². The molecule has 0 radical (unpaired) electrons. The van der Waals surface area contributed by atoms with Crippen LogP contribution in [0.3, 0.4) is 0 Å². The number of ketones is 1. The third-order valence-electron chi connectivity index (χ3n) is 4.17. The van der Waals surface area contributed by atoms with Crippen molar-refractivity contribution in [3.8, 4) is 11.5 Å². The molecule has 0 saturated carbocycles. The molecule has 0 aromatic heterocycles. The van der Waals surface area contributed by atoms with Gasteiger partial charge in [0.1, 0.15) is 11.5 Å². The topological polar surface area (TPSA) is 52.6 Å². The first-order chi connectivity index (χ1) is 13.9. The predicted molar refractivity (Wildman–Crippen MR) is 112 cm³/mol. The molecule has 0 amide bonds. The van der Waals surface area contributed by atoms with Crippen LogP contribution in [0.2, 0.25) is 15.1 Å². The van der Waals surface area contributed by atoms with Crippen LogP contribution in [0.15, 0.2) is 66.4 Å². The van der Waals surface area contributed by atoms with Crippen LogP contribution in [-0.4, -0.2) is 11.8 Å². The second-order valence-corrected chi connectivity index (χ2v) is 7.42. The second kappa shape index (κ2) is 7.91. The third-order valence-corrected chi connectivity index (χ3v) is 5.16. The van der Waals surface area contributed by atoms with Crippen LogP contribution in [0, 0.1) is 0 Å². The zero-order valence-electron chi connectivity index (χ0n) is 14.6. The molecular formula is C22H11Cl3O4. The second-order valence-electron chi connectivity index (χ2n) is 6.17. The van der Waals surface area contributed by atoms with E-state index in [1.807, 2.05) is 0 Å². The highest BCUT2D eigenvalue weighted by molar-refractivity contribution is 6.42. The first-order valence-electron chi connectivity index (χ1n) is 8.42. The van der Waals surface area contributed by atoms with Crippen LogP contribution >= 0.6 is 34.8 Å². The number of ether oxygens (including phenoxy) is 2. The summed E-state index contributed by atoms with van der Waals surface area (Å²) in [7, 11) is 0. The number of rotatable bonds is 3. The summed E-state index contributed by atoms with van der Waals surface area (Å²) in [5, 5.41) is 1.32. The minimum absolute atomic E-state index is 0.138. The van der Waals surface area contributed by atoms with E-state index in [2.05, 4.69) is 0 Å². The van der Waals surface area contributed by atoms with Gasteiger partial charge in [0.25, 0.3) is 0 Å². The van der Waals surface area contributed by atoms with Gasteiger partial charge in [-0.05, 0) is 60.2 Å². The predicted octanol–water partition coefficient (Wildman–Crippen LogP) is 6.48. The maximum Gasteiger partial charge on any atom is 0.343 e. The number of carbonyl (C=O) groups excluding carboxylic acids is 2. The van der Waals surface area contributed by atoms with Gasteiger partial charge < -0.3 is 9.47 Å². The van der Waals surface area contributed by atoms with E-state index in [9.17, 15) is 9.59 Å². The first kappa shape index (κ1) is 19.5. The molecule has 7 heteroatoms. The standard InChI is InChI=1S/C22H11Cl3O4/c23-14-4-2-13(3-5-14)22(27)28-15-6-7-16-19(11-15)29-20(21(16)26)10-12-1-8-17(24)18(25)9-12/h1-11H/b20-10-. The minimum atomic E-state index is -0.544. The Hall–Kier alpha value is -2.79. The molecule has 0 bridgehead atoms. The van der Waals surface area contributed by atoms with Crippen molar-refractivity contribution in [1.29, 1.82) is 0 Å². The van der Waals surface area contributed by atoms with E-state index in [0.717, 1.165) is 0 Å². The number of carbonyl (C=O) groups is 2. The number of hydrogen-bond donors (Lipinski definition) is 0. The molecule has 0 N–H and O–H groups in total. The SMILES string of the molecule is O=C(Oc1ccc2c(c1)O/C(=C\c1ccc(Cl)c(Cl)c1)C2=O)c1ccc(Cl)cc1. The van der Waals surface area contributed by atoms with Crippen molar-refractivity contribution in [2.75, 3.05) is 0 Å². The van der Waals surface area contributed by atoms with Crippen LogP contribution in [0.1, 0.15) is 26.3 Å². The van der Waals surface area contributed by atoms with E-state index < -0.39 is 5.97 Å². The Bertz CT molecular complexity index is 1170. The van der Waals surface area contributed by atoms with Crippen molar-refractivity contribution in [3.05, 3.63) is 98.2 Å². The van der Waals surface area contributed by atoms with E-state index in [1.165, 1.54) is 12.1 Å². The molecule has 0 spiro atoms. The molecular weight excluding hydrogens is 435 g/mol. The van der Waals surface area contributed by atoms with Gasteiger partial charge in [-0.15, -0.1) is 0 Å². The zero-order valence-corrected chi connectivity index (χ0v) is 16.9. The first-order valence-corrected chi connectivity index (χ1v) is 9.55. The molecule has 0 unspecified atom stereocenters. The van der Waals surface area contributed by atoms with Crippen molar-refractivity contribution < 1.29 is 19.1 Å². The molecule has 1 heterocycles. The van der Waals surface area contributed by atoms with Crippen LogP contribution < -0.4 is 9.47 Å². The monoisotopic (exact) mass is 444 g/mol. The highest BCUT2D eigenvalue weighted by Gasteiger charge is 2.28. The molecule has 0 saturated heterocycles. The van der Waals surface area contributed by atoms with Crippen molar-refractivity contribution in [3.63, 3.8) is 0 Å². The molecule has 4 rings (SSSR count). The third kappa shape index (κ3) is 4.15. The summed E-state index contributed by atoms with van der Waals surface area (Å²) in [6.45, 7) is 0. The van der Waals surface area contributed by atoms with Gasteiger partial charge in [0, 0.05) is 11.1 Å². The van der Waals surface area contributed by atoms with Gasteiger partial charge >= 0.3 is 5.97 Å². The van der Waals surface area contributed by atoms with Crippen molar-refractivity contribution in [1.82, 2.24) is 0 Å². The molecule has 4 nitrogen and oxygen atoms in total. The molecule has 1 aliphatic heterocycles. The Morgan fingerprint density at radius 1 is 0.897 bits per heavy atom. The Balaban J connectivity index is 1.55. The molecule has 1 aliphatic rings. The molecule has 3 aromatic rings. The lowest BCUT2D eigenvalue weighted by molar-refractivity contribution is 0.0734. The summed E-state index contributed by atoms with van der Waals surface area (Å²) in [6.07, 6.45) is 1.57. The van der Waals surface area contributed by atoms with E-state index in [4.69, 9.17) is 44.3 Å². The molecule has 0 atom stereocenters. The maximum atomic E-state index is 12.6. The quantitative estimate of drug-likeness (QED) is 0.263. The number of esters is 1. The summed E-state index contributed by atoms with van der Waals surface area (Å²) in [5.41, 5.74) is 1.40. The molecule has 29 heavy (non-hydrogen) atoms. The lowest BCUT2D eigenvalue weighted by atomic mass is 10.1. The molecule has 144 valence electrons. The van der Waals surface area contributed by atoms with Crippen LogP contribution in [-0.2, 0) is 0 Å². The lowest BCUT2D eigenvalue weighted by Crippen LogP contribution is -2.08. The molecule has 0 aliphatic carbocycles. The number of allylic oxidation sites excluding steroid dienone is 1. The minimum Gasteiger partial charge on any atom is -0.452 e. The highest BCUT2D eigenvalue weighted by atomic mass is 35.5. The summed E-state index contributed by atoms with van der Waals surface area (Å²) >= 11 is 17.7. The van der Waals surface area contributed by atoms with Crippen LogP contribution in [0.4, 0.5) is 0 Å². The Labute approximate surface area is 181 Å². The van der Waals surface area contributed by atoms with Crippen molar-refractivity contribution in [2.24, 2.45) is 0 Å². The summed E-state index contributed by atoms with van der Waals surface area (Å²) < 4.78 is 11.0. The highest BCUT2D eigenvalue weighted by Crippen LogP contribution is 2.35. The van der Waals surface area contributed by atoms with Gasteiger partial charge in [-0.2, -0.15) is 0 Å². The largest absolute Gasteiger partial charge is 0.452 e. The maximum absolute atomic E-state index is 12.6. The summed E-state index contributed by atoms with van der Waals surface area (Å²) in [4.78, 5) is 24.8. The zero-order chi connectivity index (χ0) is 20.5. The van der Waals surface area contributed by atoms with Crippen molar-refractivity contribution in [2.45, 2.75) is 0 Å². The smallest absolute Gasteiger partial charge is 0.343 e. The number of benzene rings is 3. The molecule has 0 fully saturated rings. The fourth-order valence-corrected chi connectivity index (χ4v) is 3.17. The fourth-order valence-electron chi connectivity index (χ4n) is 2.74. The number of fused-ring (bicyclic) bond motifs is 1. The normalized spacial score (nSPS) is 13.9. The van der Waals surface area contributed by atoms with Gasteiger partial charge in [0.05, 0.1) is 21.2 Å². The van der Waals surface area contributed by atoms with Gasteiger partial charge in [0.15, 0.2) is 5.76 Å². The van der Waals surface area contributed by atoms with Gasteiger partial charge in [0.2, 0.25) is 5.78 Å². The Morgan fingerprint density at radius 2 is 1.66 bits per heavy atom.